The molecule has 1 atom stereocenters. The summed E-state index contributed by atoms with van der Waals surface area (Å²) < 4.78 is 5.45. The van der Waals surface area contributed by atoms with Crippen LogP contribution in [0.5, 0.6) is 0 Å². The molecule has 12 heavy (non-hydrogen) atoms. The van der Waals surface area contributed by atoms with Crippen LogP contribution in [0.15, 0.2) is 0 Å². The minimum atomic E-state index is 0.472. The summed E-state index contributed by atoms with van der Waals surface area (Å²) in [5.74, 6) is 0. The normalized spacial score (nSPS) is 22.4. The van der Waals surface area contributed by atoms with E-state index in [2.05, 4.69) is 11.4 Å². The minimum absolute atomic E-state index is 0.472. The van der Waals surface area contributed by atoms with Crippen LogP contribution in [0.4, 0.5) is 0 Å². The van der Waals surface area contributed by atoms with E-state index >= 15 is 0 Å². The quantitative estimate of drug-likeness (QED) is 0.624. The number of hydrogen-bond donors (Lipinski definition) is 1. The van der Waals surface area contributed by atoms with E-state index in [-0.39, 0.29) is 0 Å². The van der Waals surface area contributed by atoms with Gasteiger partial charge in [0.1, 0.15) is 0 Å². The summed E-state index contributed by atoms with van der Waals surface area (Å²) >= 11 is 0. The number of rotatable bonds is 5. The lowest BCUT2D eigenvalue weighted by Crippen LogP contribution is -2.20. The summed E-state index contributed by atoms with van der Waals surface area (Å²) in [6.07, 6.45) is 4.58. The second-order valence-corrected chi connectivity index (χ2v) is 3.08. The zero-order valence-electron chi connectivity index (χ0n) is 7.38. The molecule has 0 spiro atoms. The molecule has 0 aromatic carbocycles. The van der Waals surface area contributed by atoms with Crippen molar-refractivity contribution in [1.82, 2.24) is 5.32 Å². The maximum Gasteiger partial charge on any atom is 0.0635 e. The highest BCUT2D eigenvalue weighted by Gasteiger charge is 2.13. The molecule has 0 saturated carbocycles. The molecular formula is C9H16N2O. The van der Waals surface area contributed by atoms with Gasteiger partial charge >= 0.3 is 0 Å². The second-order valence-electron chi connectivity index (χ2n) is 3.08. The molecular weight excluding hydrogens is 152 g/mol. The minimum Gasteiger partial charge on any atom is -0.378 e. The van der Waals surface area contributed by atoms with Gasteiger partial charge in [0.2, 0.25) is 0 Å². The Hall–Kier alpha value is -0.590. The maximum absolute atomic E-state index is 8.26. The molecule has 1 fully saturated rings. The third-order valence-electron chi connectivity index (χ3n) is 2.08. The van der Waals surface area contributed by atoms with E-state index < -0.39 is 0 Å². The first kappa shape index (κ1) is 9.50. The van der Waals surface area contributed by atoms with Gasteiger partial charge in [-0.3, -0.25) is 0 Å². The van der Waals surface area contributed by atoms with Crippen molar-refractivity contribution in [2.24, 2.45) is 0 Å². The average Bonchev–Trinajstić information content (AvgIpc) is 2.57. The molecule has 1 aliphatic heterocycles. The molecule has 1 heterocycles. The lowest BCUT2D eigenvalue weighted by atomic mass is 10.2. The van der Waals surface area contributed by atoms with Gasteiger partial charge in [-0.25, -0.2) is 0 Å². The SMILES string of the molecule is N#CCCNCCC1CCCO1. The fraction of sp³-hybridized carbons (Fsp3) is 0.889. The second kappa shape index (κ2) is 5.99. The molecule has 1 N–H and O–H groups in total. The molecule has 0 amide bonds. The van der Waals surface area contributed by atoms with Crippen molar-refractivity contribution in [1.29, 1.82) is 5.26 Å². The molecule has 3 heteroatoms. The lowest BCUT2D eigenvalue weighted by molar-refractivity contribution is 0.104. The standard InChI is InChI=1S/C9H16N2O/c10-5-2-6-11-7-4-9-3-1-8-12-9/h9,11H,1-4,6-8H2. The van der Waals surface area contributed by atoms with E-state index in [4.69, 9.17) is 10.00 Å². The molecule has 68 valence electrons. The molecule has 0 aromatic rings. The Bertz CT molecular complexity index is 147. The summed E-state index contributed by atoms with van der Waals surface area (Å²) in [5, 5.41) is 11.5. The number of nitriles is 1. The van der Waals surface area contributed by atoms with Gasteiger partial charge in [0.15, 0.2) is 0 Å². The topological polar surface area (TPSA) is 45.0 Å². The number of nitrogens with zero attached hydrogens (tertiary/aromatic N) is 1. The lowest BCUT2D eigenvalue weighted by Gasteiger charge is -2.08. The molecule has 1 rings (SSSR count). The smallest absolute Gasteiger partial charge is 0.0635 e. The molecule has 0 radical (unpaired) electrons. The van der Waals surface area contributed by atoms with Crippen molar-refractivity contribution in [2.45, 2.75) is 31.8 Å². The summed E-state index contributed by atoms with van der Waals surface area (Å²) in [6.45, 7) is 2.72. The fourth-order valence-electron chi connectivity index (χ4n) is 1.40. The van der Waals surface area contributed by atoms with Crippen molar-refractivity contribution in [2.75, 3.05) is 19.7 Å². The number of ether oxygens (including phenoxy) is 1. The van der Waals surface area contributed by atoms with E-state index in [9.17, 15) is 0 Å². The van der Waals surface area contributed by atoms with Gasteiger partial charge in [-0.2, -0.15) is 5.26 Å². The zero-order chi connectivity index (χ0) is 8.65. The van der Waals surface area contributed by atoms with Crippen LogP contribution in [0, 0.1) is 11.3 Å². The Morgan fingerprint density at radius 2 is 2.42 bits per heavy atom. The Kier molecular flexibility index (Phi) is 4.74. The van der Waals surface area contributed by atoms with Crippen LogP contribution in [-0.2, 0) is 4.74 Å². The molecule has 0 aliphatic carbocycles. The van der Waals surface area contributed by atoms with Gasteiger partial charge in [0.25, 0.3) is 0 Å². The molecule has 0 bridgehead atoms. The predicted molar refractivity (Wildman–Crippen MR) is 46.7 cm³/mol. The highest BCUT2D eigenvalue weighted by atomic mass is 16.5. The van der Waals surface area contributed by atoms with E-state index in [1.807, 2.05) is 0 Å². The van der Waals surface area contributed by atoms with Gasteiger partial charge < -0.3 is 10.1 Å². The van der Waals surface area contributed by atoms with Crippen LogP contribution in [0.2, 0.25) is 0 Å². The summed E-state index contributed by atoms with van der Waals surface area (Å²) in [4.78, 5) is 0. The number of nitrogens with one attached hydrogen (secondary N) is 1. The molecule has 1 unspecified atom stereocenters. The van der Waals surface area contributed by atoms with Crippen LogP contribution >= 0.6 is 0 Å². The summed E-state index contributed by atoms with van der Waals surface area (Å²) in [5.41, 5.74) is 0. The Morgan fingerprint density at radius 1 is 1.50 bits per heavy atom. The Morgan fingerprint density at radius 3 is 3.08 bits per heavy atom. The Labute approximate surface area is 73.7 Å². The van der Waals surface area contributed by atoms with Gasteiger partial charge in [0, 0.05) is 19.6 Å². The summed E-state index contributed by atoms with van der Waals surface area (Å²) in [7, 11) is 0. The average molecular weight is 168 g/mol. The third-order valence-corrected chi connectivity index (χ3v) is 2.08. The predicted octanol–water partition coefficient (Wildman–Crippen LogP) is 1.06. The summed E-state index contributed by atoms with van der Waals surface area (Å²) in [6, 6.07) is 2.10. The van der Waals surface area contributed by atoms with Crippen molar-refractivity contribution in [3.05, 3.63) is 0 Å². The van der Waals surface area contributed by atoms with E-state index in [1.54, 1.807) is 0 Å². The molecule has 1 aliphatic rings. The van der Waals surface area contributed by atoms with Gasteiger partial charge in [0.05, 0.1) is 12.2 Å². The fourth-order valence-corrected chi connectivity index (χ4v) is 1.40. The largest absolute Gasteiger partial charge is 0.378 e. The van der Waals surface area contributed by atoms with Crippen LogP contribution in [0.3, 0.4) is 0 Å². The number of hydrogen-bond acceptors (Lipinski definition) is 3. The van der Waals surface area contributed by atoms with E-state index in [1.165, 1.54) is 12.8 Å². The first-order valence-corrected chi connectivity index (χ1v) is 4.63. The first-order chi connectivity index (χ1) is 5.93. The van der Waals surface area contributed by atoms with Crippen molar-refractivity contribution >= 4 is 0 Å². The van der Waals surface area contributed by atoms with Gasteiger partial charge in [-0.15, -0.1) is 0 Å². The van der Waals surface area contributed by atoms with Crippen LogP contribution < -0.4 is 5.32 Å². The van der Waals surface area contributed by atoms with E-state index in [0.29, 0.717) is 12.5 Å². The van der Waals surface area contributed by atoms with Crippen LogP contribution in [0.25, 0.3) is 0 Å². The van der Waals surface area contributed by atoms with Crippen LogP contribution in [-0.4, -0.2) is 25.8 Å². The Balaban J connectivity index is 1.85. The monoisotopic (exact) mass is 168 g/mol. The van der Waals surface area contributed by atoms with Gasteiger partial charge in [-0.1, -0.05) is 0 Å². The molecule has 0 aromatic heterocycles. The van der Waals surface area contributed by atoms with Crippen molar-refractivity contribution in [3.63, 3.8) is 0 Å². The van der Waals surface area contributed by atoms with E-state index in [0.717, 1.165) is 26.1 Å². The highest BCUT2D eigenvalue weighted by molar-refractivity contribution is 4.71. The maximum atomic E-state index is 8.26. The van der Waals surface area contributed by atoms with Crippen molar-refractivity contribution in [3.8, 4) is 6.07 Å². The van der Waals surface area contributed by atoms with Gasteiger partial charge in [-0.05, 0) is 25.8 Å². The first-order valence-electron chi connectivity index (χ1n) is 4.63. The van der Waals surface area contributed by atoms with Crippen molar-refractivity contribution < 1.29 is 4.74 Å². The third kappa shape index (κ3) is 3.70. The zero-order valence-corrected chi connectivity index (χ0v) is 7.38. The highest BCUT2D eigenvalue weighted by Crippen LogP contribution is 2.14. The molecule has 3 nitrogen and oxygen atoms in total. The van der Waals surface area contributed by atoms with Crippen LogP contribution in [0.1, 0.15) is 25.7 Å². The molecule has 1 saturated heterocycles.